The molecule has 0 atom stereocenters. The van der Waals surface area contributed by atoms with E-state index in [1.165, 1.54) is 13.2 Å². The third kappa shape index (κ3) is 1.61. The van der Waals surface area contributed by atoms with Crippen LogP contribution in [0.1, 0.15) is 5.56 Å². The molecule has 0 aliphatic heterocycles. The Labute approximate surface area is 78.5 Å². The Morgan fingerprint density at radius 1 is 1.64 bits per heavy atom. The number of nitro groups is 1. The van der Waals surface area contributed by atoms with Gasteiger partial charge in [-0.05, 0) is 0 Å². The van der Waals surface area contributed by atoms with Gasteiger partial charge in [0.2, 0.25) is 5.82 Å². The zero-order valence-electron chi connectivity index (χ0n) is 7.15. The summed E-state index contributed by atoms with van der Waals surface area (Å²) in [6.07, 6.45) is 0. The van der Waals surface area contributed by atoms with Gasteiger partial charge in [0.25, 0.3) is 0 Å². The van der Waals surface area contributed by atoms with Crippen molar-refractivity contribution >= 4 is 5.69 Å². The van der Waals surface area contributed by atoms with Crippen molar-refractivity contribution < 1.29 is 14.1 Å². The number of rotatable bonds is 2. The summed E-state index contributed by atoms with van der Waals surface area (Å²) in [6.45, 7) is 0. The quantitative estimate of drug-likeness (QED) is 0.531. The van der Waals surface area contributed by atoms with E-state index in [4.69, 9.17) is 5.26 Å². The maximum Gasteiger partial charge on any atom is 0.322 e. The molecule has 1 rings (SSSR count). The van der Waals surface area contributed by atoms with Gasteiger partial charge < -0.3 is 4.74 Å². The summed E-state index contributed by atoms with van der Waals surface area (Å²) in [5.74, 6) is -1.00. The zero-order chi connectivity index (χ0) is 10.7. The third-order valence-electron chi connectivity index (χ3n) is 1.58. The van der Waals surface area contributed by atoms with Crippen molar-refractivity contribution in [1.29, 1.82) is 5.26 Å². The van der Waals surface area contributed by atoms with E-state index < -0.39 is 16.4 Å². The number of hydrogen-bond acceptors (Lipinski definition) is 4. The molecule has 0 spiro atoms. The highest BCUT2D eigenvalue weighted by Gasteiger charge is 2.21. The molecule has 1 aromatic rings. The van der Waals surface area contributed by atoms with E-state index in [0.29, 0.717) is 0 Å². The average Bonchev–Trinajstić information content (AvgIpc) is 2.15. The maximum absolute atomic E-state index is 13.1. The van der Waals surface area contributed by atoms with Crippen LogP contribution in [0, 0.1) is 27.3 Å². The molecule has 0 fully saturated rings. The van der Waals surface area contributed by atoms with E-state index in [-0.39, 0.29) is 11.3 Å². The van der Waals surface area contributed by atoms with Crippen LogP contribution < -0.4 is 4.74 Å². The van der Waals surface area contributed by atoms with Crippen LogP contribution in [0.4, 0.5) is 10.1 Å². The van der Waals surface area contributed by atoms with Crippen LogP contribution in [0.15, 0.2) is 12.1 Å². The summed E-state index contributed by atoms with van der Waals surface area (Å²) in [5, 5.41) is 18.9. The molecule has 0 heterocycles. The summed E-state index contributed by atoms with van der Waals surface area (Å²) in [5.41, 5.74) is -1.18. The molecule has 0 saturated carbocycles. The minimum absolute atomic E-state index is 0.0738. The molecule has 14 heavy (non-hydrogen) atoms. The third-order valence-corrected chi connectivity index (χ3v) is 1.58. The second-order valence-electron chi connectivity index (χ2n) is 2.37. The molecule has 0 saturated heterocycles. The topological polar surface area (TPSA) is 76.2 Å². The van der Waals surface area contributed by atoms with Crippen LogP contribution >= 0.6 is 0 Å². The summed E-state index contributed by atoms with van der Waals surface area (Å²) in [7, 11) is 1.28. The number of methoxy groups -OCH3 is 1. The van der Waals surface area contributed by atoms with Gasteiger partial charge in [0, 0.05) is 12.1 Å². The molecule has 0 N–H and O–H groups in total. The molecule has 0 aliphatic carbocycles. The highest BCUT2D eigenvalue weighted by Crippen LogP contribution is 2.26. The van der Waals surface area contributed by atoms with Gasteiger partial charge in [-0.1, -0.05) is 0 Å². The number of nitro benzene ring substituents is 1. The van der Waals surface area contributed by atoms with Gasteiger partial charge in [0.05, 0.1) is 12.0 Å². The molecule has 0 bridgehead atoms. The lowest BCUT2D eigenvalue weighted by atomic mass is 10.2. The van der Waals surface area contributed by atoms with Crippen molar-refractivity contribution in [2.24, 2.45) is 0 Å². The lowest BCUT2D eigenvalue weighted by Gasteiger charge is -2.01. The molecule has 6 heteroatoms. The van der Waals surface area contributed by atoms with Crippen molar-refractivity contribution in [3.63, 3.8) is 0 Å². The molecule has 0 radical (unpaired) electrons. The van der Waals surface area contributed by atoms with E-state index in [9.17, 15) is 14.5 Å². The summed E-state index contributed by atoms with van der Waals surface area (Å²) >= 11 is 0. The van der Waals surface area contributed by atoms with Gasteiger partial charge in [0.1, 0.15) is 17.4 Å². The highest BCUT2D eigenvalue weighted by atomic mass is 19.1. The zero-order valence-corrected chi connectivity index (χ0v) is 7.15. The molecule has 72 valence electrons. The van der Waals surface area contributed by atoms with E-state index in [2.05, 4.69) is 4.74 Å². The largest absolute Gasteiger partial charge is 0.497 e. The predicted molar refractivity (Wildman–Crippen MR) is 44.3 cm³/mol. The minimum atomic E-state index is -1.08. The Morgan fingerprint density at radius 3 is 2.71 bits per heavy atom. The Balaban J connectivity index is 3.44. The van der Waals surface area contributed by atoms with E-state index in [0.717, 1.165) is 12.1 Å². The van der Waals surface area contributed by atoms with Crippen LogP contribution in [-0.4, -0.2) is 12.0 Å². The average molecular weight is 196 g/mol. The van der Waals surface area contributed by atoms with Crippen LogP contribution in [0.25, 0.3) is 0 Å². The number of benzene rings is 1. The Kier molecular flexibility index (Phi) is 2.62. The lowest BCUT2D eigenvalue weighted by molar-refractivity contribution is -0.387. The van der Waals surface area contributed by atoms with E-state index in [1.807, 2.05) is 0 Å². The second kappa shape index (κ2) is 3.70. The molecule has 0 aromatic heterocycles. The molecule has 0 amide bonds. The first-order valence-electron chi connectivity index (χ1n) is 3.52. The van der Waals surface area contributed by atoms with Gasteiger partial charge in [0.15, 0.2) is 0 Å². The van der Waals surface area contributed by atoms with Crippen molar-refractivity contribution in [3.8, 4) is 11.8 Å². The predicted octanol–water partition coefficient (Wildman–Crippen LogP) is 1.61. The normalized spacial score (nSPS) is 9.21. The fourth-order valence-electron chi connectivity index (χ4n) is 0.963. The smallest absolute Gasteiger partial charge is 0.322 e. The molecule has 5 nitrogen and oxygen atoms in total. The minimum Gasteiger partial charge on any atom is -0.497 e. The van der Waals surface area contributed by atoms with Gasteiger partial charge in [-0.15, -0.1) is 0 Å². The molecular formula is C8H5FN2O3. The monoisotopic (exact) mass is 196 g/mol. The van der Waals surface area contributed by atoms with Crippen LogP contribution in [0.2, 0.25) is 0 Å². The van der Waals surface area contributed by atoms with Crippen molar-refractivity contribution in [1.82, 2.24) is 0 Å². The molecule has 1 aromatic carbocycles. The first kappa shape index (κ1) is 9.92. The second-order valence-corrected chi connectivity index (χ2v) is 2.37. The van der Waals surface area contributed by atoms with E-state index in [1.54, 1.807) is 0 Å². The fourth-order valence-corrected chi connectivity index (χ4v) is 0.963. The maximum atomic E-state index is 13.1. The Morgan fingerprint density at radius 2 is 2.29 bits per heavy atom. The number of nitrogens with zero attached hydrogens (tertiary/aromatic N) is 2. The van der Waals surface area contributed by atoms with Crippen molar-refractivity contribution in [2.75, 3.05) is 7.11 Å². The van der Waals surface area contributed by atoms with Crippen molar-refractivity contribution in [3.05, 3.63) is 33.6 Å². The van der Waals surface area contributed by atoms with Crippen LogP contribution in [0.3, 0.4) is 0 Å². The van der Waals surface area contributed by atoms with E-state index >= 15 is 0 Å². The Bertz CT molecular complexity index is 425. The number of halogens is 1. The van der Waals surface area contributed by atoms with Gasteiger partial charge in [-0.2, -0.15) is 9.65 Å². The van der Waals surface area contributed by atoms with Gasteiger partial charge in [-0.3, -0.25) is 10.1 Å². The molecular weight excluding hydrogens is 191 g/mol. The molecule has 0 aliphatic rings. The van der Waals surface area contributed by atoms with Crippen LogP contribution in [-0.2, 0) is 0 Å². The SMILES string of the molecule is COc1cc(F)c([N+](=O)[O-])c(C#N)c1. The Hall–Kier alpha value is -2.16. The first-order chi connectivity index (χ1) is 6.60. The van der Waals surface area contributed by atoms with Crippen LogP contribution in [0.5, 0.6) is 5.75 Å². The van der Waals surface area contributed by atoms with Gasteiger partial charge in [-0.25, -0.2) is 0 Å². The standard InChI is InChI=1S/C8H5FN2O3/c1-14-6-2-5(4-10)8(11(12)13)7(9)3-6/h2-3H,1H3. The highest BCUT2D eigenvalue weighted by molar-refractivity contribution is 5.53. The van der Waals surface area contributed by atoms with Crippen molar-refractivity contribution in [2.45, 2.75) is 0 Å². The number of hydrogen-bond donors (Lipinski definition) is 0. The summed E-state index contributed by atoms with van der Waals surface area (Å²) < 4.78 is 17.7. The summed E-state index contributed by atoms with van der Waals surface area (Å²) in [4.78, 5) is 9.44. The number of nitriles is 1. The first-order valence-corrected chi connectivity index (χ1v) is 3.52. The number of ether oxygens (including phenoxy) is 1. The fraction of sp³-hybridized carbons (Fsp3) is 0.125. The molecule has 0 unspecified atom stereocenters. The lowest BCUT2D eigenvalue weighted by Crippen LogP contribution is -1.97. The van der Waals surface area contributed by atoms with Gasteiger partial charge >= 0.3 is 5.69 Å². The summed E-state index contributed by atoms with van der Waals surface area (Å²) in [6, 6.07) is 3.50.